The smallest absolute Gasteiger partial charge is 0.227 e. The van der Waals surface area contributed by atoms with E-state index in [-0.39, 0.29) is 36.1 Å². The number of hydrogen-bond donors (Lipinski definition) is 2. The van der Waals surface area contributed by atoms with Crippen LogP contribution in [0.3, 0.4) is 0 Å². The molecule has 0 bridgehead atoms. The minimum absolute atomic E-state index is 0. The number of halogens is 2. The van der Waals surface area contributed by atoms with E-state index in [1.54, 1.807) is 0 Å². The molecular formula is C18H29Cl2N3O. The average Bonchev–Trinajstić information content (AvgIpc) is 3.00. The molecule has 2 aliphatic rings. The second kappa shape index (κ2) is 9.50. The maximum absolute atomic E-state index is 12.7. The van der Waals surface area contributed by atoms with Gasteiger partial charge in [-0.3, -0.25) is 4.79 Å². The van der Waals surface area contributed by atoms with Gasteiger partial charge in [-0.05, 0) is 37.4 Å². The first-order valence-corrected chi connectivity index (χ1v) is 8.47. The lowest BCUT2D eigenvalue weighted by molar-refractivity contribution is -0.133. The van der Waals surface area contributed by atoms with Crippen LogP contribution in [0.15, 0.2) is 30.3 Å². The molecule has 1 aliphatic carbocycles. The van der Waals surface area contributed by atoms with Crippen LogP contribution in [0, 0.1) is 11.3 Å². The maximum atomic E-state index is 12.7. The second-order valence-electron chi connectivity index (χ2n) is 6.74. The third-order valence-electron chi connectivity index (χ3n) is 5.42. The summed E-state index contributed by atoms with van der Waals surface area (Å²) in [5.74, 6) is 0.803. The maximum Gasteiger partial charge on any atom is 0.227 e. The molecule has 2 fully saturated rings. The predicted molar refractivity (Wildman–Crippen MR) is 104 cm³/mol. The van der Waals surface area contributed by atoms with Crippen LogP contribution in [-0.2, 0) is 4.79 Å². The van der Waals surface area contributed by atoms with Crippen molar-refractivity contribution in [3.8, 4) is 0 Å². The Labute approximate surface area is 157 Å². The molecule has 1 aromatic carbocycles. The molecule has 1 aliphatic heterocycles. The van der Waals surface area contributed by atoms with E-state index < -0.39 is 0 Å². The first-order valence-electron chi connectivity index (χ1n) is 8.47. The average molecular weight is 374 g/mol. The summed E-state index contributed by atoms with van der Waals surface area (Å²) in [5.41, 5.74) is 1.05. The van der Waals surface area contributed by atoms with E-state index in [0.717, 1.165) is 26.1 Å². The molecule has 4 nitrogen and oxygen atoms in total. The van der Waals surface area contributed by atoms with Gasteiger partial charge in [0, 0.05) is 32.4 Å². The summed E-state index contributed by atoms with van der Waals surface area (Å²) in [7, 11) is 2.07. The standard InChI is InChI=1S/C18H27N3O.2ClH/c1-21(16-8-3-2-4-9-16)12-11-20-17(22)18-10-6-5-7-15(18)13-19-14-18;;/h2-4,8-9,15,19H,5-7,10-14H2,1H3,(H,20,22);2*1H/t15-,18+;;/m0../s1. The topological polar surface area (TPSA) is 44.4 Å². The van der Waals surface area contributed by atoms with Gasteiger partial charge >= 0.3 is 0 Å². The van der Waals surface area contributed by atoms with E-state index in [4.69, 9.17) is 0 Å². The van der Waals surface area contributed by atoms with Crippen molar-refractivity contribution in [3.05, 3.63) is 30.3 Å². The molecule has 1 saturated carbocycles. The zero-order chi connectivity index (χ0) is 15.4. The molecule has 1 aromatic rings. The van der Waals surface area contributed by atoms with Crippen molar-refractivity contribution in [2.24, 2.45) is 11.3 Å². The Morgan fingerprint density at radius 2 is 2.04 bits per heavy atom. The number of nitrogens with one attached hydrogen (secondary N) is 2. The molecule has 3 rings (SSSR count). The van der Waals surface area contributed by atoms with Gasteiger partial charge < -0.3 is 15.5 Å². The van der Waals surface area contributed by atoms with Gasteiger partial charge in [0.25, 0.3) is 0 Å². The van der Waals surface area contributed by atoms with Crippen LogP contribution >= 0.6 is 24.8 Å². The first-order chi connectivity index (χ1) is 10.7. The van der Waals surface area contributed by atoms with E-state index >= 15 is 0 Å². The van der Waals surface area contributed by atoms with Gasteiger partial charge in [0.1, 0.15) is 0 Å². The lowest BCUT2D eigenvalue weighted by Gasteiger charge is -2.37. The number of rotatable bonds is 5. The van der Waals surface area contributed by atoms with Crippen LogP contribution in [0.4, 0.5) is 5.69 Å². The molecule has 2 atom stereocenters. The van der Waals surface area contributed by atoms with Crippen LogP contribution in [0.1, 0.15) is 25.7 Å². The minimum atomic E-state index is -0.135. The summed E-state index contributed by atoms with van der Waals surface area (Å²) in [6.45, 7) is 3.41. The number of anilines is 1. The molecule has 136 valence electrons. The Kier molecular flexibility index (Phi) is 8.34. The first kappa shape index (κ1) is 21.1. The number of carbonyl (C=O) groups excluding carboxylic acids is 1. The van der Waals surface area contributed by atoms with Crippen LogP contribution < -0.4 is 15.5 Å². The lowest BCUT2D eigenvalue weighted by atomic mass is 9.67. The van der Waals surface area contributed by atoms with E-state index in [9.17, 15) is 4.79 Å². The van der Waals surface area contributed by atoms with Crippen LogP contribution in [0.5, 0.6) is 0 Å². The Morgan fingerprint density at radius 1 is 1.29 bits per heavy atom. The summed E-state index contributed by atoms with van der Waals surface area (Å²) in [4.78, 5) is 14.9. The molecule has 0 radical (unpaired) electrons. The molecule has 0 spiro atoms. The number of carbonyl (C=O) groups is 1. The molecule has 6 heteroatoms. The molecule has 0 unspecified atom stereocenters. The number of fused-ring (bicyclic) bond motifs is 1. The van der Waals surface area contributed by atoms with Crippen molar-refractivity contribution >= 4 is 36.4 Å². The van der Waals surface area contributed by atoms with Crippen LogP contribution in [0.2, 0.25) is 0 Å². The van der Waals surface area contributed by atoms with E-state index in [1.807, 2.05) is 18.2 Å². The van der Waals surface area contributed by atoms with Gasteiger partial charge in [-0.2, -0.15) is 0 Å². The summed E-state index contributed by atoms with van der Waals surface area (Å²) in [6, 6.07) is 10.3. The minimum Gasteiger partial charge on any atom is -0.373 e. The highest BCUT2D eigenvalue weighted by molar-refractivity contribution is 5.85. The van der Waals surface area contributed by atoms with E-state index in [0.29, 0.717) is 12.5 Å². The number of amides is 1. The molecule has 24 heavy (non-hydrogen) atoms. The van der Waals surface area contributed by atoms with Gasteiger partial charge in [0.05, 0.1) is 5.41 Å². The fourth-order valence-electron chi connectivity index (χ4n) is 4.02. The lowest BCUT2D eigenvalue weighted by Crippen LogP contribution is -2.49. The van der Waals surface area contributed by atoms with Crippen molar-refractivity contribution in [1.82, 2.24) is 10.6 Å². The van der Waals surface area contributed by atoms with Crippen molar-refractivity contribution in [2.45, 2.75) is 25.7 Å². The van der Waals surface area contributed by atoms with Crippen LogP contribution in [0.25, 0.3) is 0 Å². The zero-order valence-corrected chi connectivity index (χ0v) is 15.9. The number of hydrogen-bond acceptors (Lipinski definition) is 3. The number of para-hydroxylation sites is 1. The predicted octanol–water partition coefficient (Wildman–Crippen LogP) is 2.86. The Morgan fingerprint density at radius 3 is 2.79 bits per heavy atom. The van der Waals surface area contributed by atoms with Gasteiger partial charge in [-0.25, -0.2) is 0 Å². The SMILES string of the molecule is CN(CCNC(=O)[C@@]12CCCC[C@H]1CNC2)c1ccccc1.Cl.Cl. The third kappa shape index (κ3) is 4.35. The number of nitrogens with zero attached hydrogens (tertiary/aromatic N) is 1. The third-order valence-corrected chi connectivity index (χ3v) is 5.42. The quantitative estimate of drug-likeness (QED) is 0.833. The van der Waals surface area contributed by atoms with E-state index in [1.165, 1.54) is 24.9 Å². The Hall–Kier alpha value is -0.970. The number of benzene rings is 1. The highest BCUT2D eigenvalue weighted by atomic mass is 35.5. The molecule has 2 N–H and O–H groups in total. The van der Waals surface area contributed by atoms with Crippen LogP contribution in [-0.4, -0.2) is 39.1 Å². The normalized spacial score (nSPS) is 25.0. The molecule has 0 aromatic heterocycles. The van der Waals surface area contributed by atoms with Crippen molar-refractivity contribution < 1.29 is 4.79 Å². The van der Waals surface area contributed by atoms with Gasteiger partial charge in [-0.15, -0.1) is 24.8 Å². The fourth-order valence-corrected chi connectivity index (χ4v) is 4.02. The van der Waals surface area contributed by atoms with Gasteiger partial charge in [0.15, 0.2) is 0 Å². The van der Waals surface area contributed by atoms with Gasteiger partial charge in [0.2, 0.25) is 5.91 Å². The Bertz CT molecular complexity index is 514. The molecule has 1 heterocycles. The van der Waals surface area contributed by atoms with Crippen molar-refractivity contribution in [1.29, 1.82) is 0 Å². The zero-order valence-electron chi connectivity index (χ0n) is 14.3. The highest BCUT2D eigenvalue weighted by Crippen LogP contribution is 2.43. The van der Waals surface area contributed by atoms with E-state index in [2.05, 4.69) is 34.7 Å². The summed E-state index contributed by atoms with van der Waals surface area (Å²) >= 11 is 0. The summed E-state index contributed by atoms with van der Waals surface area (Å²) in [6.07, 6.45) is 4.71. The molecule has 1 saturated heterocycles. The van der Waals surface area contributed by atoms with Gasteiger partial charge in [-0.1, -0.05) is 31.0 Å². The summed E-state index contributed by atoms with van der Waals surface area (Å²) in [5, 5.41) is 6.63. The molecular weight excluding hydrogens is 345 g/mol. The fraction of sp³-hybridized carbons (Fsp3) is 0.611. The highest BCUT2D eigenvalue weighted by Gasteiger charge is 2.49. The Balaban J connectivity index is 0.00000144. The molecule has 1 amide bonds. The second-order valence-corrected chi connectivity index (χ2v) is 6.74. The largest absolute Gasteiger partial charge is 0.373 e. The van der Waals surface area contributed by atoms with Crippen molar-refractivity contribution in [3.63, 3.8) is 0 Å². The summed E-state index contributed by atoms with van der Waals surface area (Å²) < 4.78 is 0. The number of likely N-dealkylation sites (N-methyl/N-ethyl adjacent to an activating group) is 1. The monoisotopic (exact) mass is 373 g/mol. The van der Waals surface area contributed by atoms with Crippen molar-refractivity contribution in [2.75, 3.05) is 38.1 Å².